The Hall–Kier alpha value is -3.35. The van der Waals surface area contributed by atoms with Crippen molar-refractivity contribution in [2.75, 3.05) is 38.2 Å². The van der Waals surface area contributed by atoms with Crippen molar-refractivity contribution in [1.82, 2.24) is 15.0 Å². The number of ether oxygens (including phenoxy) is 1. The molecular formula is C23H26N4O3. The maximum Gasteiger partial charge on any atom is 0.236 e. The number of aryl methyl sites for hydroxylation is 2. The molecule has 2 heterocycles. The van der Waals surface area contributed by atoms with E-state index in [0.29, 0.717) is 24.8 Å². The molecule has 2 aromatic carbocycles. The summed E-state index contributed by atoms with van der Waals surface area (Å²) in [6.07, 6.45) is 0.118. The van der Waals surface area contributed by atoms with Crippen molar-refractivity contribution in [2.45, 2.75) is 20.3 Å². The molecule has 0 aliphatic carbocycles. The molecule has 0 unspecified atom stereocenters. The van der Waals surface area contributed by atoms with Gasteiger partial charge in [0.1, 0.15) is 12.2 Å². The molecule has 0 N–H and O–H groups in total. The molecule has 0 bridgehead atoms. The predicted octanol–water partition coefficient (Wildman–Crippen LogP) is 3.25. The Morgan fingerprint density at radius 3 is 2.50 bits per heavy atom. The monoisotopic (exact) mass is 406 g/mol. The lowest BCUT2D eigenvalue weighted by Gasteiger charge is -2.36. The first-order chi connectivity index (χ1) is 14.5. The highest BCUT2D eigenvalue weighted by Gasteiger charge is 2.24. The molecule has 0 saturated carbocycles. The quantitative estimate of drug-likeness (QED) is 0.648. The summed E-state index contributed by atoms with van der Waals surface area (Å²) in [5.41, 5.74) is 4.58. The van der Waals surface area contributed by atoms with E-state index >= 15 is 0 Å². The number of rotatable bonds is 5. The van der Waals surface area contributed by atoms with Gasteiger partial charge in [-0.25, -0.2) is 0 Å². The smallest absolute Gasteiger partial charge is 0.236 e. The summed E-state index contributed by atoms with van der Waals surface area (Å²) in [6.45, 7) is 7.24. The molecule has 0 radical (unpaired) electrons. The van der Waals surface area contributed by atoms with Crippen molar-refractivity contribution < 1.29 is 14.1 Å². The SMILES string of the molecule is COc1ccc(-c2noc(CC(=O)N3CCN(c4cc(C)ccc4C)CC3)n2)cc1. The Morgan fingerprint density at radius 1 is 1.07 bits per heavy atom. The zero-order chi connectivity index (χ0) is 21.1. The van der Waals surface area contributed by atoms with Gasteiger partial charge in [-0.15, -0.1) is 0 Å². The number of carbonyl (C=O) groups is 1. The van der Waals surface area contributed by atoms with E-state index in [1.807, 2.05) is 29.2 Å². The van der Waals surface area contributed by atoms with Crippen LogP contribution < -0.4 is 9.64 Å². The molecule has 7 heteroatoms. The van der Waals surface area contributed by atoms with E-state index in [-0.39, 0.29) is 12.3 Å². The minimum atomic E-state index is 0.0144. The highest BCUT2D eigenvalue weighted by molar-refractivity contribution is 5.78. The molecule has 1 aromatic heterocycles. The second kappa shape index (κ2) is 8.57. The van der Waals surface area contributed by atoms with Gasteiger partial charge < -0.3 is 19.1 Å². The number of nitrogens with zero attached hydrogens (tertiary/aromatic N) is 4. The summed E-state index contributed by atoms with van der Waals surface area (Å²) in [5, 5.41) is 4.00. The zero-order valence-electron chi connectivity index (χ0n) is 17.6. The van der Waals surface area contributed by atoms with Crippen molar-refractivity contribution in [3.8, 4) is 17.1 Å². The van der Waals surface area contributed by atoms with Gasteiger partial charge in [-0.2, -0.15) is 4.98 Å². The molecular weight excluding hydrogens is 380 g/mol. The summed E-state index contributed by atoms with van der Waals surface area (Å²) >= 11 is 0. The summed E-state index contributed by atoms with van der Waals surface area (Å²) in [5.74, 6) is 1.58. The number of benzene rings is 2. The minimum absolute atomic E-state index is 0.0144. The number of aromatic nitrogens is 2. The van der Waals surface area contributed by atoms with E-state index in [0.717, 1.165) is 24.4 Å². The topological polar surface area (TPSA) is 71.7 Å². The molecule has 1 fully saturated rings. The number of anilines is 1. The fourth-order valence-electron chi connectivity index (χ4n) is 3.68. The van der Waals surface area contributed by atoms with Crippen LogP contribution >= 0.6 is 0 Å². The highest BCUT2D eigenvalue weighted by Crippen LogP contribution is 2.23. The van der Waals surface area contributed by atoms with E-state index in [4.69, 9.17) is 9.26 Å². The van der Waals surface area contributed by atoms with Crippen molar-refractivity contribution in [2.24, 2.45) is 0 Å². The lowest BCUT2D eigenvalue weighted by Crippen LogP contribution is -2.49. The first kappa shape index (κ1) is 19.9. The molecule has 1 aliphatic heterocycles. The first-order valence-corrected chi connectivity index (χ1v) is 10.1. The third kappa shape index (κ3) is 4.30. The molecule has 0 spiro atoms. The van der Waals surface area contributed by atoms with Crippen LogP contribution in [0.2, 0.25) is 0 Å². The van der Waals surface area contributed by atoms with Gasteiger partial charge in [0.15, 0.2) is 0 Å². The highest BCUT2D eigenvalue weighted by atomic mass is 16.5. The molecule has 1 aliphatic rings. The van der Waals surface area contributed by atoms with Crippen molar-refractivity contribution in [3.05, 3.63) is 59.5 Å². The van der Waals surface area contributed by atoms with Gasteiger partial charge in [0.25, 0.3) is 0 Å². The average Bonchev–Trinajstić information content (AvgIpc) is 3.24. The van der Waals surface area contributed by atoms with Crippen LogP contribution in [-0.2, 0) is 11.2 Å². The van der Waals surface area contributed by atoms with E-state index in [9.17, 15) is 4.79 Å². The number of piperazine rings is 1. The van der Waals surface area contributed by atoms with Gasteiger partial charge in [-0.3, -0.25) is 4.79 Å². The van der Waals surface area contributed by atoms with Crippen LogP contribution in [0.15, 0.2) is 47.0 Å². The fraction of sp³-hybridized carbons (Fsp3) is 0.348. The first-order valence-electron chi connectivity index (χ1n) is 10.1. The van der Waals surface area contributed by atoms with Gasteiger partial charge >= 0.3 is 0 Å². The predicted molar refractivity (Wildman–Crippen MR) is 115 cm³/mol. The number of amides is 1. The Morgan fingerprint density at radius 2 is 1.80 bits per heavy atom. The van der Waals surface area contributed by atoms with Crippen LogP contribution in [0.1, 0.15) is 17.0 Å². The molecule has 30 heavy (non-hydrogen) atoms. The lowest BCUT2D eigenvalue weighted by atomic mass is 10.1. The van der Waals surface area contributed by atoms with Crippen LogP contribution in [0, 0.1) is 13.8 Å². The molecule has 0 atom stereocenters. The second-order valence-corrected chi connectivity index (χ2v) is 7.57. The Labute approximate surface area is 176 Å². The molecule has 1 amide bonds. The van der Waals surface area contributed by atoms with Gasteiger partial charge in [-0.1, -0.05) is 17.3 Å². The second-order valence-electron chi connectivity index (χ2n) is 7.57. The molecule has 7 nitrogen and oxygen atoms in total. The van der Waals surface area contributed by atoms with Gasteiger partial charge in [-0.05, 0) is 55.3 Å². The van der Waals surface area contributed by atoms with E-state index < -0.39 is 0 Å². The van der Waals surface area contributed by atoms with Gasteiger partial charge in [0.05, 0.1) is 7.11 Å². The third-order valence-corrected chi connectivity index (χ3v) is 5.46. The summed E-state index contributed by atoms with van der Waals surface area (Å²) in [7, 11) is 1.62. The maximum absolute atomic E-state index is 12.7. The summed E-state index contributed by atoms with van der Waals surface area (Å²) < 4.78 is 10.5. The van der Waals surface area contributed by atoms with Crippen LogP contribution in [0.5, 0.6) is 5.75 Å². The number of hydrogen-bond donors (Lipinski definition) is 0. The normalized spacial score (nSPS) is 14.1. The van der Waals surface area contributed by atoms with Crippen LogP contribution in [0.4, 0.5) is 5.69 Å². The Bertz CT molecular complexity index is 1020. The fourth-order valence-corrected chi connectivity index (χ4v) is 3.68. The van der Waals surface area contributed by atoms with E-state index in [2.05, 4.69) is 47.1 Å². The van der Waals surface area contributed by atoms with Crippen molar-refractivity contribution >= 4 is 11.6 Å². The van der Waals surface area contributed by atoms with Crippen LogP contribution in [0.25, 0.3) is 11.4 Å². The largest absolute Gasteiger partial charge is 0.497 e. The maximum atomic E-state index is 12.7. The van der Waals surface area contributed by atoms with Crippen LogP contribution in [-0.4, -0.2) is 54.2 Å². The van der Waals surface area contributed by atoms with E-state index in [1.165, 1.54) is 16.8 Å². The van der Waals surface area contributed by atoms with Crippen LogP contribution in [0.3, 0.4) is 0 Å². The summed E-state index contributed by atoms with van der Waals surface area (Å²) in [6, 6.07) is 13.9. The Balaban J connectivity index is 1.35. The average molecular weight is 406 g/mol. The minimum Gasteiger partial charge on any atom is -0.497 e. The summed E-state index contributed by atoms with van der Waals surface area (Å²) in [4.78, 5) is 21.3. The third-order valence-electron chi connectivity index (χ3n) is 5.46. The van der Waals surface area contributed by atoms with E-state index in [1.54, 1.807) is 7.11 Å². The Kier molecular flexibility index (Phi) is 5.70. The van der Waals surface area contributed by atoms with Crippen molar-refractivity contribution in [1.29, 1.82) is 0 Å². The molecule has 3 aromatic rings. The van der Waals surface area contributed by atoms with Gasteiger partial charge in [0, 0.05) is 37.4 Å². The number of hydrogen-bond acceptors (Lipinski definition) is 6. The zero-order valence-corrected chi connectivity index (χ0v) is 17.6. The molecule has 1 saturated heterocycles. The standard InChI is InChI=1S/C23H26N4O3/c1-16-4-5-17(2)20(14-16)26-10-12-27(13-11-26)22(28)15-21-24-23(25-30-21)18-6-8-19(29-3)9-7-18/h4-9,14H,10-13,15H2,1-3H3. The lowest BCUT2D eigenvalue weighted by molar-refractivity contribution is -0.131. The number of methoxy groups -OCH3 is 1. The van der Waals surface area contributed by atoms with Gasteiger partial charge in [0.2, 0.25) is 17.6 Å². The molecule has 4 rings (SSSR count). The number of carbonyl (C=O) groups excluding carboxylic acids is 1. The molecule has 156 valence electrons. The van der Waals surface area contributed by atoms with Crippen molar-refractivity contribution in [3.63, 3.8) is 0 Å².